The van der Waals surface area contributed by atoms with Crippen LogP contribution in [-0.4, -0.2) is 40.7 Å². The van der Waals surface area contributed by atoms with Gasteiger partial charge in [0.25, 0.3) is 0 Å². The van der Waals surface area contributed by atoms with Crippen LogP contribution in [0.3, 0.4) is 0 Å². The molecule has 2 aromatic heterocycles. The van der Waals surface area contributed by atoms with Crippen molar-refractivity contribution in [2.45, 2.75) is 24.7 Å². The Kier molecular flexibility index (Phi) is 4.04. The van der Waals surface area contributed by atoms with Crippen molar-refractivity contribution in [2.24, 2.45) is 12.8 Å². The molecule has 2 heterocycles. The Morgan fingerprint density at radius 1 is 1.41 bits per heavy atom. The van der Waals surface area contributed by atoms with Crippen molar-refractivity contribution >= 4 is 11.8 Å². The van der Waals surface area contributed by atoms with Crippen LogP contribution in [0.25, 0.3) is 0 Å². The minimum absolute atomic E-state index is 0.411. The van der Waals surface area contributed by atoms with Crippen molar-refractivity contribution in [3.63, 3.8) is 0 Å². The Bertz CT molecular complexity index is 450. The van der Waals surface area contributed by atoms with Crippen molar-refractivity contribution in [3.8, 4) is 0 Å². The van der Waals surface area contributed by atoms with Crippen LogP contribution in [0.1, 0.15) is 12.2 Å². The maximum absolute atomic E-state index is 5.52. The third kappa shape index (κ3) is 3.01. The molecule has 0 aliphatic carbocycles. The molecule has 0 unspecified atom stereocenters. The second-order valence-corrected chi connectivity index (χ2v) is 4.50. The first-order chi connectivity index (χ1) is 8.31. The molecular formula is C8H14N8S. The van der Waals surface area contributed by atoms with Crippen molar-refractivity contribution in [3.05, 3.63) is 12.2 Å². The minimum atomic E-state index is 0.411. The molecule has 8 nitrogen and oxygen atoms in total. The lowest BCUT2D eigenvalue weighted by Crippen LogP contribution is -2.05. The molecule has 9 heteroatoms. The van der Waals surface area contributed by atoms with Crippen LogP contribution in [0, 0.1) is 0 Å². The second-order valence-electron chi connectivity index (χ2n) is 3.44. The fourth-order valence-corrected chi connectivity index (χ4v) is 2.17. The summed E-state index contributed by atoms with van der Waals surface area (Å²) < 4.78 is 3.63. The van der Waals surface area contributed by atoms with Crippen LogP contribution in [0.5, 0.6) is 0 Å². The van der Waals surface area contributed by atoms with Crippen molar-refractivity contribution in [2.75, 3.05) is 5.75 Å². The Balaban J connectivity index is 1.76. The first kappa shape index (κ1) is 12.0. The number of tetrazole rings is 1. The van der Waals surface area contributed by atoms with Crippen molar-refractivity contribution < 1.29 is 0 Å². The van der Waals surface area contributed by atoms with Gasteiger partial charge in [-0.2, -0.15) is 0 Å². The van der Waals surface area contributed by atoms with E-state index in [4.69, 9.17) is 5.73 Å². The Morgan fingerprint density at radius 2 is 2.29 bits per heavy atom. The highest BCUT2D eigenvalue weighted by atomic mass is 32.2. The van der Waals surface area contributed by atoms with Gasteiger partial charge < -0.3 is 10.3 Å². The minimum Gasteiger partial charge on any atom is -0.324 e. The van der Waals surface area contributed by atoms with Crippen LogP contribution in [0.15, 0.2) is 11.5 Å². The molecule has 17 heavy (non-hydrogen) atoms. The van der Waals surface area contributed by atoms with Gasteiger partial charge in [0.1, 0.15) is 12.2 Å². The van der Waals surface area contributed by atoms with Crippen LogP contribution >= 0.6 is 11.8 Å². The fourth-order valence-electron chi connectivity index (χ4n) is 1.32. The molecule has 0 aromatic carbocycles. The summed E-state index contributed by atoms with van der Waals surface area (Å²) in [5, 5.41) is 19.9. The largest absolute Gasteiger partial charge is 0.324 e. The number of rotatable bonds is 6. The zero-order chi connectivity index (χ0) is 12.1. The molecule has 2 rings (SSSR count). The van der Waals surface area contributed by atoms with Crippen molar-refractivity contribution in [1.29, 1.82) is 0 Å². The highest BCUT2D eigenvalue weighted by Gasteiger charge is 2.06. The first-order valence-electron chi connectivity index (χ1n) is 5.23. The normalized spacial score (nSPS) is 10.9. The predicted octanol–water partition coefficient (Wildman–Crippen LogP) is -0.557. The molecule has 92 valence electrons. The summed E-state index contributed by atoms with van der Waals surface area (Å²) in [4.78, 5) is 0. The summed E-state index contributed by atoms with van der Waals surface area (Å²) in [7, 11) is 1.92. The van der Waals surface area contributed by atoms with E-state index in [-0.39, 0.29) is 0 Å². The second kappa shape index (κ2) is 5.73. The van der Waals surface area contributed by atoms with Gasteiger partial charge in [-0.15, -0.1) is 15.3 Å². The quantitative estimate of drug-likeness (QED) is 0.545. The van der Waals surface area contributed by atoms with Gasteiger partial charge in [-0.25, -0.2) is 4.68 Å². The molecule has 0 atom stereocenters. The van der Waals surface area contributed by atoms with Crippen LogP contribution in [-0.2, 0) is 20.1 Å². The zero-order valence-corrected chi connectivity index (χ0v) is 10.3. The summed E-state index contributed by atoms with van der Waals surface area (Å²) in [6, 6.07) is 0. The first-order valence-corrected chi connectivity index (χ1v) is 6.21. The molecule has 0 aliphatic heterocycles. The topological polar surface area (TPSA) is 100 Å². The lowest BCUT2D eigenvalue weighted by Gasteiger charge is -2.02. The van der Waals surface area contributed by atoms with Crippen LogP contribution in [0.2, 0.25) is 0 Å². The molecule has 0 amide bonds. The smallest absolute Gasteiger partial charge is 0.190 e. The van der Waals surface area contributed by atoms with E-state index in [2.05, 4.69) is 25.7 Å². The summed E-state index contributed by atoms with van der Waals surface area (Å²) in [6.07, 6.45) is 2.58. The molecule has 0 radical (unpaired) electrons. The highest BCUT2D eigenvalue weighted by Crippen LogP contribution is 2.16. The van der Waals surface area contributed by atoms with E-state index < -0.39 is 0 Å². The van der Waals surface area contributed by atoms with Gasteiger partial charge in [-0.3, -0.25) is 0 Å². The van der Waals surface area contributed by atoms with E-state index in [1.165, 1.54) is 0 Å². The standard InChI is InChI=1S/C8H14N8S/c1-15-7(5-9)11-12-8(15)17-4-2-3-16-6-10-13-14-16/h6H,2-5,9H2,1H3. The van der Waals surface area contributed by atoms with E-state index in [1.54, 1.807) is 22.8 Å². The van der Waals surface area contributed by atoms with Gasteiger partial charge >= 0.3 is 0 Å². The Hall–Kier alpha value is -1.48. The number of nitrogens with zero attached hydrogens (tertiary/aromatic N) is 7. The van der Waals surface area contributed by atoms with Gasteiger partial charge in [-0.05, 0) is 16.8 Å². The number of aromatic nitrogens is 7. The molecule has 0 fully saturated rings. The molecule has 0 bridgehead atoms. The summed E-state index contributed by atoms with van der Waals surface area (Å²) in [6.45, 7) is 1.22. The van der Waals surface area contributed by atoms with E-state index in [1.807, 2.05) is 11.6 Å². The molecule has 0 aliphatic rings. The molecule has 2 N–H and O–H groups in total. The van der Waals surface area contributed by atoms with E-state index in [0.717, 1.165) is 29.7 Å². The molecule has 0 spiro atoms. The maximum atomic E-state index is 5.52. The number of hydrogen-bond acceptors (Lipinski definition) is 7. The average molecular weight is 254 g/mol. The number of aryl methyl sites for hydroxylation is 1. The third-order valence-corrected chi connectivity index (χ3v) is 3.37. The van der Waals surface area contributed by atoms with Gasteiger partial charge in [0.05, 0.1) is 6.54 Å². The summed E-state index contributed by atoms with van der Waals surface area (Å²) in [5.41, 5.74) is 5.52. The summed E-state index contributed by atoms with van der Waals surface area (Å²) >= 11 is 1.66. The Labute approximate surface area is 103 Å². The fraction of sp³-hybridized carbons (Fsp3) is 0.625. The lowest BCUT2D eigenvalue weighted by atomic mass is 10.5. The van der Waals surface area contributed by atoms with Crippen molar-refractivity contribution in [1.82, 2.24) is 35.0 Å². The summed E-state index contributed by atoms with van der Waals surface area (Å²) in [5.74, 6) is 1.74. The monoisotopic (exact) mass is 254 g/mol. The van der Waals surface area contributed by atoms with Gasteiger partial charge in [0, 0.05) is 19.3 Å². The number of thioether (sulfide) groups is 1. The average Bonchev–Trinajstić information content (AvgIpc) is 2.95. The lowest BCUT2D eigenvalue weighted by molar-refractivity contribution is 0.581. The maximum Gasteiger partial charge on any atom is 0.190 e. The van der Waals surface area contributed by atoms with Gasteiger partial charge in [0.15, 0.2) is 5.16 Å². The molecule has 0 saturated carbocycles. The van der Waals surface area contributed by atoms with Crippen LogP contribution in [0.4, 0.5) is 0 Å². The van der Waals surface area contributed by atoms with Crippen LogP contribution < -0.4 is 5.73 Å². The zero-order valence-electron chi connectivity index (χ0n) is 9.52. The highest BCUT2D eigenvalue weighted by molar-refractivity contribution is 7.99. The Morgan fingerprint density at radius 3 is 2.94 bits per heavy atom. The predicted molar refractivity (Wildman–Crippen MR) is 62.1 cm³/mol. The SMILES string of the molecule is Cn1c(CN)nnc1SCCCn1cnnn1. The number of nitrogens with two attached hydrogens (primary N) is 1. The molecular weight excluding hydrogens is 240 g/mol. The van der Waals surface area contributed by atoms with Gasteiger partial charge in [0.2, 0.25) is 0 Å². The third-order valence-electron chi connectivity index (χ3n) is 2.26. The van der Waals surface area contributed by atoms with E-state index >= 15 is 0 Å². The number of hydrogen-bond donors (Lipinski definition) is 1. The van der Waals surface area contributed by atoms with E-state index in [9.17, 15) is 0 Å². The molecule has 2 aromatic rings. The van der Waals surface area contributed by atoms with E-state index in [0.29, 0.717) is 6.54 Å². The molecule has 0 saturated heterocycles. The van der Waals surface area contributed by atoms with Gasteiger partial charge in [-0.1, -0.05) is 11.8 Å².